The van der Waals surface area contributed by atoms with Crippen molar-refractivity contribution in [3.05, 3.63) is 242 Å². The van der Waals surface area contributed by atoms with Crippen molar-refractivity contribution >= 4 is 49.6 Å². The number of para-hydroxylation sites is 3. The van der Waals surface area contributed by atoms with Gasteiger partial charge < -0.3 is 9.47 Å². The molecular formula is C58H40N2. The zero-order valence-electron chi connectivity index (χ0n) is 39.4. The van der Waals surface area contributed by atoms with Gasteiger partial charge in [0.05, 0.1) is 26.3 Å². The highest BCUT2D eigenvalue weighted by Gasteiger charge is 2.22. The van der Waals surface area contributed by atoms with Crippen LogP contribution in [0, 0.1) is 0 Å². The Bertz CT molecular complexity index is 3700. The lowest BCUT2D eigenvalue weighted by molar-refractivity contribution is 1.18. The highest BCUT2D eigenvalue weighted by molar-refractivity contribution is 6.17. The van der Waals surface area contributed by atoms with Gasteiger partial charge in [-0.05, 0) is 110 Å². The topological polar surface area (TPSA) is 8.17 Å². The van der Waals surface area contributed by atoms with Crippen LogP contribution in [0.15, 0.2) is 242 Å². The van der Waals surface area contributed by atoms with Crippen molar-refractivity contribution in [1.82, 2.24) is 4.57 Å². The number of rotatable bonds is 8. The van der Waals surface area contributed by atoms with Crippen LogP contribution in [0.5, 0.6) is 0 Å². The van der Waals surface area contributed by atoms with Crippen molar-refractivity contribution in [3.63, 3.8) is 0 Å². The number of aromatic nitrogens is 1. The number of fused-ring (bicyclic) bond motifs is 4. The van der Waals surface area contributed by atoms with Gasteiger partial charge in [0.2, 0.25) is 0 Å². The molecule has 0 amide bonds. The highest BCUT2D eigenvalue weighted by atomic mass is 15.1. The van der Waals surface area contributed by atoms with Gasteiger partial charge >= 0.3 is 0 Å². The molecule has 0 saturated carbocycles. The van der Waals surface area contributed by atoms with Crippen LogP contribution >= 0.6 is 0 Å². The molecule has 11 aromatic rings. The molecule has 2 heteroatoms. The van der Waals surface area contributed by atoms with Gasteiger partial charge in [-0.15, -0.1) is 0 Å². The second-order valence-corrected chi connectivity index (χ2v) is 14.8. The van der Waals surface area contributed by atoms with Crippen LogP contribution in [0.3, 0.4) is 0 Å². The summed E-state index contributed by atoms with van der Waals surface area (Å²) in [4.78, 5) is 2.32. The Morgan fingerprint density at radius 3 is 1.77 bits per heavy atom. The first-order valence-corrected chi connectivity index (χ1v) is 20.0. The molecule has 0 aliphatic carbocycles. The first-order valence-electron chi connectivity index (χ1n) is 23.5. The zero-order chi connectivity index (χ0) is 45.9. The third-order valence-electron chi connectivity index (χ3n) is 11.2. The van der Waals surface area contributed by atoms with Gasteiger partial charge in [-0.25, -0.2) is 0 Å². The van der Waals surface area contributed by atoms with Gasteiger partial charge in [0.1, 0.15) is 0 Å². The van der Waals surface area contributed by atoms with Crippen molar-refractivity contribution in [1.29, 1.82) is 0 Å². The minimum atomic E-state index is -0.484. The summed E-state index contributed by atoms with van der Waals surface area (Å²) in [6, 6.07) is 66.7. The normalized spacial score (nSPS) is 13.0. The van der Waals surface area contributed by atoms with Gasteiger partial charge in [0.25, 0.3) is 0 Å². The predicted octanol–water partition coefficient (Wildman–Crippen LogP) is 16.1. The molecule has 0 bridgehead atoms. The minimum absolute atomic E-state index is 0.0577. The molecule has 282 valence electrons. The molecule has 1 aromatic heterocycles. The summed E-state index contributed by atoms with van der Waals surface area (Å²) >= 11 is 0. The molecule has 10 aromatic carbocycles. The van der Waals surface area contributed by atoms with Crippen LogP contribution in [0.4, 0.5) is 17.1 Å². The second kappa shape index (κ2) is 15.1. The lowest BCUT2D eigenvalue weighted by Crippen LogP contribution is -2.11. The Hall–Kier alpha value is -7.94. The molecule has 2 nitrogen and oxygen atoms in total. The Labute approximate surface area is 360 Å². The third-order valence-corrected chi connectivity index (χ3v) is 11.2. The standard InChI is InChI=1S/C58H40N2/c1-3-15-41(16-4-1)47-19-13-22-51(40-47)59(50-37-35-44(36-38-50)43-29-31-45(32-30-43)48-34-33-42-17-7-8-18-46(42)39-48)55-26-11-9-23-52(55)53-25-14-28-57-58(53)54-24-10-12-27-56(54)60(57)49-20-5-2-6-21-49/h1-40H/i7D,8D,17D,18D,33D,34D,39D. The number of benzene rings is 10. The van der Waals surface area contributed by atoms with Crippen LogP contribution in [0.1, 0.15) is 9.60 Å². The van der Waals surface area contributed by atoms with E-state index in [2.05, 4.69) is 173 Å². The van der Waals surface area contributed by atoms with Gasteiger partial charge in [0, 0.05) is 33.4 Å². The van der Waals surface area contributed by atoms with E-state index in [9.17, 15) is 0 Å². The maximum absolute atomic E-state index is 9.03. The molecule has 0 fully saturated rings. The molecular weight excluding hydrogens is 725 g/mol. The van der Waals surface area contributed by atoms with E-state index in [1.807, 2.05) is 24.3 Å². The molecule has 0 radical (unpaired) electrons. The highest BCUT2D eigenvalue weighted by Crippen LogP contribution is 2.46. The quantitative estimate of drug-likeness (QED) is 0.149. The molecule has 0 N–H and O–H groups in total. The van der Waals surface area contributed by atoms with Crippen LogP contribution in [-0.4, -0.2) is 4.57 Å². The van der Waals surface area contributed by atoms with E-state index in [1.54, 1.807) is 12.1 Å². The maximum atomic E-state index is 9.03. The van der Waals surface area contributed by atoms with Gasteiger partial charge in [0.15, 0.2) is 0 Å². The van der Waals surface area contributed by atoms with Crippen molar-refractivity contribution in [2.45, 2.75) is 0 Å². The third kappa shape index (κ3) is 6.32. The van der Waals surface area contributed by atoms with Crippen molar-refractivity contribution in [2.24, 2.45) is 0 Å². The summed E-state index contributed by atoms with van der Waals surface area (Å²) in [6.45, 7) is 0. The molecule has 0 unspecified atom stereocenters. The fraction of sp³-hybridized carbons (Fsp3) is 0. The fourth-order valence-electron chi connectivity index (χ4n) is 8.44. The van der Waals surface area contributed by atoms with E-state index in [-0.39, 0.29) is 40.5 Å². The van der Waals surface area contributed by atoms with Gasteiger partial charge in [-0.2, -0.15) is 0 Å². The van der Waals surface area contributed by atoms with Crippen LogP contribution in [0.2, 0.25) is 0 Å². The Kier molecular flexibility index (Phi) is 7.16. The molecule has 0 aliphatic rings. The summed E-state index contributed by atoms with van der Waals surface area (Å²) < 4.78 is 62.2. The molecule has 60 heavy (non-hydrogen) atoms. The number of nitrogens with zero attached hydrogens (tertiary/aromatic N) is 2. The van der Waals surface area contributed by atoms with E-state index in [4.69, 9.17) is 9.60 Å². The monoisotopic (exact) mass is 771 g/mol. The van der Waals surface area contributed by atoms with Crippen molar-refractivity contribution < 1.29 is 9.60 Å². The predicted molar refractivity (Wildman–Crippen MR) is 255 cm³/mol. The number of hydrogen-bond donors (Lipinski definition) is 0. The summed E-state index contributed by atoms with van der Waals surface area (Å²) in [5.74, 6) is 0. The van der Waals surface area contributed by atoms with Gasteiger partial charge in [-0.3, -0.25) is 0 Å². The number of anilines is 3. The first kappa shape index (κ1) is 28.5. The minimum Gasteiger partial charge on any atom is -0.310 e. The van der Waals surface area contributed by atoms with Crippen LogP contribution in [0.25, 0.3) is 82.8 Å². The Morgan fingerprint density at radius 1 is 0.383 bits per heavy atom. The van der Waals surface area contributed by atoms with E-state index >= 15 is 0 Å². The molecule has 1 heterocycles. The largest absolute Gasteiger partial charge is 0.310 e. The Morgan fingerprint density at radius 2 is 0.967 bits per heavy atom. The lowest BCUT2D eigenvalue weighted by Gasteiger charge is -2.28. The SMILES string of the molecule is [2H]c1c([2H])c([2H])c2c([2H])c(-c3ccc(-c4ccc(N(c5cccc(-c6ccccc6)c5)c5ccccc5-c5cccc6c5c5ccccc5n6-c5ccccc5)cc4)cc3)c([2H])c([2H])c2c1[2H]. The van der Waals surface area contributed by atoms with E-state index < -0.39 is 18.1 Å². The summed E-state index contributed by atoms with van der Waals surface area (Å²) in [7, 11) is 0. The van der Waals surface area contributed by atoms with E-state index in [0.717, 1.165) is 67.2 Å². The van der Waals surface area contributed by atoms with Gasteiger partial charge in [-0.1, -0.05) is 182 Å². The van der Waals surface area contributed by atoms with Crippen LogP contribution < -0.4 is 4.90 Å². The maximum Gasteiger partial charge on any atom is 0.0636 e. The zero-order valence-corrected chi connectivity index (χ0v) is 32.4. The van der Waals surface area contributed by atoms with Crippen molar-refractivity contribution in [2.75, 3.05) is 4.90 Å². The molecule has 0 spiro atoms. The summed E-state index contributed by atoms with van der Waals surface area (Å²) in [5, 5.41) is 2.18. The fourth-order valence-corrected chi connectivity index (χ4v) is 8.44. The van der Waals surface area contributed by atoms with Crippen molar-refractivity contribution in [3.8, 4) is 50.2 Å². The summed E-state index contributed by atoms with van der Waals surface area (Å²) in [5.41, 5.74) is 13.3. The lowest BCUT2D eigenvalue weighted by atomic mass is 9.96. The average Bonchev–Trinajstić information content (AvgIpc) is 3.72. The Balaban J connectivity index is 1.03. The van der Waals surface area contributed by atoms with E-state index in [1.165, 1.54) is 10.8 Å². The van der Waals surface area contributed by atoms with E-state index in [0.29, 0.717) is 5.56 Å². The summed E-state index contributed by atoms with van der Waals surface area (Å²) in [6.07, 6.45) is 0. The second-order valence-electron chi connectivity index (χ2n) is 14.8. The van der Waals surface area contributed by atoms with Crippen LogP contribution in [-0.2, 0) is 0 Å². The molecule has 0 aliphatic heterocycles. The average molecular weight is 772 g/mol. The number of hydrogen-bond acceptors (Lipinski definition) is 1. The first-order chi connectivity index (χ1) is 32.7. The molecule has 0 atom stereocenters. The smallest absolute Gasteiger partial charge is 0.0636 e. The molecule has 11 rings (SSSR count). The molecule has 0 saturated heterocycles.